The van der Waals surface area contributed by atoms with Crippen molar-refractivity contribution < 1.29 is 9.53 Å². The van der Waals surface area contributed by atoms with Gasteiger partial charge in [0, 0.05) is 56.7 Å². The first-order valence-corrected chi connectivity index (χ1v) is 14.1. The van der Waals surface area contributed by atoms with Crippen LogP contribution in [0.4, 0.5) is 5.82 Å². The van der Waals surface area contributed by atoms with Crippen LogP contribution < -0.4 is 16.2 Å². The van der Waals surface area contributed by atoms with Crippen molar-refractivity contribution in [2.45, 2.75) is 44.2 Å². The molecule has 0 spiro atoms. The maximum Gasteiger partial charge on any atom is 0.263 e. The van der Waals surface area contributed by atoms with E-state index in [0.29, 0.717) is 42.8 Å². The van der Waals surface area contributed by atoms with Gasteiger partial charge in [0.25, 0.3) is 11.5 Å². The molecule has 0 saturated heterocycles. The Morgan fingerprint density at radius 1 is 1.14 bits per heavy atom. The second kappa shape index (κ2) is 11.7. The summed E-state index contributed by atoms with van der Waals surface area (Å²) in [6.45, 7) is 1.74. The summed E-state index contributed by atoms with van der Waals surface area (Å²) in [5.41, 5.74) is 4.44. The zero-order valence-electron chi connectivity index (χ0n) is 23.6. The number of hydrogen-bond donors (Lipinski definition) is 2. The van der Waals surface area contributed by atoms with Gasteiger partial charge in [-0.25, -0.2) is 4.98 Å². The fourth-order valence-corrected chi connectivity index (χ4v) is 5.07. The predicted molar refractivity (Wildman–Crippen MR) is 157 cm³/mol. The maximum absolute atomic E-state index is 13.6. The number of amides is 1. The summed E-state index contributed by atoms with van der Waals surface area (Å²) in [6, 6.07) is 13.3. The number of carbonyl (C=O) groups is 1. The Bertz CT molecular complexity index is 1740. The molecule has 2 N–H and O–H groups in total. The molecule has 4 aromatic rings. The quantitative estimate of drug-likeness (QED) is 0.262. The molecule has 3 heterocycles. The molecule has 214 valence electrons. The lowest BCUT2D eigenvalue weighted by Crippen LogP contribution is -2.30. The maximum atomic E-state index is 13.6. The number of carbonyl (C=O) groups excluding carboxylic acids is 1. The normalized spacial score (nSPS) is 14.5. The number of anilines is 1. The smallest absolute Gasteiger partial charge is 0.263 e. The number of aryl methyl sites for hydroxylation is 1. The minimum Gasteiger partial charge on any atom is -0.383 e. The Morgan fingerprint density at radius 2 is 1.98 bits per heavy atom. The Morgan fingerprint density at radius 3 is 2.67 bits per heavy atom. The molecule has 2 aliphatic carbocycles. The van der Waals surface area contributed by atoms with Gasteiger partial charge in [-0.05, 0) is 72.7 Å². The zero-order chi connectivity index (χ0) is 29.2. The van der Waals surface area contributed by atoms with Crippen LogP contribution in [0.25, 0.3) is 22.5 Å². The summed E-state index contributed by atoms with van der Waals surface area (Å²) in [5.74, 6) is 0.807. The van der Waals surface area contributed by atoms with Crippen molar-refractivity contribution in [3.8, 4) is 28.6 Å². The van der Waals surface area contributed by atoms with E-state index in [-0.39, 0.29) is 17.2 Å². The van der Waals surface area contributed by atoms with Crippen LogP contribution in [0, 0.1) is 11.3 Å². The van der Waals surface area contributed by atoms with Crippen molar-refractivity contribution in [2.75, 3.05) is 25.6 Å². The van der Waals surface area contributed by atoms with Gasteiger partial charge >= 0.3 is 0 Å². The monoisotopic (exact) mass is 564 g/mol. The van der Waals surface area contributed by atoms with E-state index in [1.165, 1.54) is 0 Å². The highest BCUT2D eigenvalue weighted by molar-refractivity contribution is 6.04. The Balaban J connectivity index is 1.36. The molecule has 2 saturated carbocycles. The van der Waals surface area contributed by atoms with E-state index in [4.69, 9.17) is 9.72 Å². The highest BCUT2D eigenvalue weighted by atomic mass is 16.5. The van der Waals surface area contributed by atoms with Crippen LogP contribution in [0.15, 0.2) is 53.7 Å². The van der Waals surface area contributed by atoms with Gasteiger partial charge in [-0.15, -0.1) is 10.2 Å². The third-order valence-corrected chi connectivity index (χ3v) is 7.59. The first kappa shape index (κ1) is 27.5. The van der Waals surface area contributed by atoms with E-state index in [0.717, 1.165) is 53.6 Å². The lowest BCUT2D eigenvalue weighted by atomic mass is 9.96. The van der Waals surface area contributed by atoms with Gasteiger partial charge in [0.2, 0.25) is 0 Å². The summed E-state index contributed by atoms with van der Waals surface area (Å²) in [4.78, 5) is 31.7. The van der Waals surface area contributed by atoms with E-state index in [1.54, 1.807) is 46.8 Å². The molecule has 0 unspecified atom stereocenters. The van der Waals surface area contributed by atoms with Crippen molar-refractivity contribution in [1.82, 2.24) is 29.6 Å². The minimum atomic E-state index is -0.493. The van der Waals surface area contributed by atoms with Gasteiger partial charge in [-0.1, -0.05) is 6.07 Å². The molecular weight excluding hydrogens is 532 g/mol. The van der Waals surface area contributed by atoms with Crippen molar-refractivity contribution in [3.05, 3.63) is 81.7 Å². The fraction of sp³-hybridized carbons (Fsp3) is 0.355. The van der Waals surface area contributed by atoms with Gasteiger partial charge in [-0.2, -0.15) is 5.26 Å². The second-order valence-corrected chi connectivity index (χ2v) is 10.9. The summed E-state index contributed by atoms with van der Waals surface area (Å²) in [5, 5.41) is 24.1. The van der Waals surface area contributed by atoms with Gasteiger partial charge in [0.15, 0.2) is 5.82 Å². The standard InChI is InChI=1S/C31H32N8O3/c1-38-18-34-37-29(38)25-11-19(15-32)3-8-24(25)22-13-27(21-4-5-21)35-28(14-22)36-30(40)26-12-20(16-33-9-10-42-2)17-39(31(26)41)23-6-7-23/h3,8,11-14,17-18,21,23,33H,4-7,9-10,16H2,1-2H3,(H,35,36,40). The minimum absolute atomic E-state index is 0.0891. The number of benzene rings is 1. The van der Waals surface area contributed by atoms with Crippen molar-refractivity contribution in [3.63, 3.8) is 0 Å². The van der Waals surface area contributed by atoms with Gasteiger partial charge in [0.05, 0.1) is 18.2 Å². The number of nitrogens with one attached hydrogen (secondary N) is 2. The number of aromatic nitrogens is 5. The van der Waals surface area contributed by atoms with Gasteiger partial charge in [-0.3, -0.25) is 9.59 Å². The molecule has 0 radical (unpaired) electrons. The van der Waals surface area contributed by atoms with Crippen LogP contribution in [0.3, 0.4) is 0 Å². The molecule has 42 heavy (non-hydrogen) atoms. The predicted octanol–water partition coefficient (Wildman–Crippen LogP) is 3.78. The summed E-state index contributed by atoms with van der Waals surface area (Å²) >= 11 is 0. The number of rotatable bonds is 11. The zero-order valence-corrected chi connectivity index (χ0v) is 23.6. The van der Waals surface area contributed by atoms with Crippen molar-refractivity contribution >= 4 is 11.7 Å². The molecule has 11 nitrogen and oxygen atoms in total. The summed E-state index contributed by atoms with van der Waals surface area (Å²) < 4.78 is 8.59. The summed E-state index contributed by atoms with van der Waals surface area (Å²) in [6.07, 6.45) is 7.36. The van der Waals surface area contributed by atoms with E-state index < -0.39 is 5.91 Å². The SMILES string of the molecule is COCCNCc1cc(C(=O)Nc2cc(-c3ccc(C#N)cc3-c3nncn3C)cc(C3CC3)n2)c(=O)n(C2CC2)c1. The largest absolute Gasteiger partial charge is 0.383 e. The first-order chi connectivity index (χ1) is 20.4. The van der Waals surface area contributed by atoms with Gasteiger partial charge in [0.1, 0.15) is 17.7 Å². The molecular formula is C31H32N8O3. The third kappa shape index (κ3) is 5.86. The molecule has 11 heteroatoms. The van der Waals surface area contributed by atoms with Crippen molar-refractivity contribution in [2.24, 2.45) is 7.05 Å². The van der Waals surface area contributed by atoms with Crippen LogP contribution in [0.2, 0.25) is 0 Å². The second-order valence-electron chi connectivity index (χ2n) is 10.9. The molecule has 0 atom stereocenters. The number of hydrogen-bond acceptors (Lipinski definition) is 8. The van der Waals surface area contributed by atoms with Crippen LogP contribution in [0.5, 0.6) is 0 Å². The molecule has 1 amide bonds. The number of nitrogens with zero attached hydrogens (tertiary/aromatic N) is 6. The van der Waals surface area contributed by atoms with Crippen LogP contribution in [-0.4, -0.2) is 50.5 Å². The lowest BCUT2D eigenvalue weighted by Gasteiger charge is -2.15. The number of methoxy groups -OCH3 is 1. The van der Waals surface area contributed by atoms with E-state index in [2.05, 4.69) is 26.9 Å². The van der Waals surface area contributed by atoms with E-state index in [1.807, 2.05) is 25.4 Å². The van der Waals surface area contributed by atoms with E-state index >= 15 is 0 Å². The molecule has 0 bridgehead atoms. The molecule has 3 aromatic heterocycles. The highest BCUT2D eigenvalue weighted by Crippen LogP contribution is 2.42. The Kier molecular flexibility index (Phi) is 7.65. The molecule has 2 aliphatic rings. The first-order valence-electron chi connectivity index (χ1n) is 14.1. The van der Waals surface area contributed by atoms with E-state index in [9.17, 15) is 14.9 Å². The van der Waals surface area contributed by atoms with Gasteiger partial charge < -0.3 is 24.5 Å². The summed E-state index contributed by atoms with van der Waals surface area (Å²) in [7, 11) is 3.49. The van der Waals surface area contributed by atoms with Crippen LogP contribution >= 0.6 is 0 Å². The highest BCUT2D eigenvalue weighted by Gasteiger charge is 2.29. The molecule has 0 aliphatic heterocycles. The van der Waals surface area contributed by atoms with Crippen LogP contribution in [-0.2, 0) is 18.3 Å². The van der Waals surface area contributed by atoms with Crippen LogP contribution in [0.1, 0.15) is 64.8 Å². The number of ether oxygens (including phenoxy) is 1. The van der Waals surface area contributed by atoms with Crippen molar-refractivity contribution in [1.29, 1.82) is 5.26 Å². The number of pyridine rings is 2. The average molecular weight is 565 g/mol. The topological polar surface area (TPSA) is 140 Å². The molecule has 6 rings (SSSR count). The fourth-order valence-electron chi connectivity index (χ4n) is 5.07. The molecule has 1 aromatic carbocycles. The molecule has 2 fully saturated rings. The average Bonchev–Trinajstić information content (AvgIpc) is 3.93. The Hall–Kier alpha value is -4.66. The lowest BCUT2D eigenvalue weighted by molar-refractivity contribution is 0.102. The third-order valence-electron chi connectivity index (χ3n) is 7.59. The number of nitriles is 1. The Labute approximate surface area is 243 Å².